The molecule has 0 fully saturated rings. The molecule has 8 nitrogen and oxygen atoms in total. The molecule has 1 aromatic heterocycles. The number of aromatic nitrogens is 1. The highest BCUT2D eigenvalue weighted by Crippen LogP contribution is 2.17. The molecule has 0 radical (unpaired) electrons. The van der Waals surface area contributed by atoms with Gasteiger partial charge in [0, 0.05) is 30.8 Å². The van der Waals surface area contributed by atoms with E-state index >= 15 is 0 Å². The van der Waals surface area contributed by atoms with Crippen molar-refractivity contribution in [2.24, 2.45) is 0 Å². The number of carbonyl (C=O) groups is 2. The Morgan fingerprint density at radius 1 is 0.932 bits per heavy atom. The lowest BCUT2D eigenvalue weighted by Crippen LogP contribution is -2.49. The number of aryl methyl sites for hydroxylation is 1. The topological polar surface area (TPSA) is 113 Å². The second kappa shape index (κ2) is 15.7. The van der Waals surface area contributed by atoms with Crippen molar-refractivity contribution in [2.45, 2.75) is 44.9 Å². The van der Waals surface area contributed by atoms with Crippen LogP contribution in [0.1, 0.15) is 39.5 Å². The van der Waals surface area contributed by atoms with Crippen LogP contribution in [0.3, 0.4) is 0 Å². The van der Waals surface area contributed by atoms with Crippen LogP contribution < -0.4 is 20.7 Å². The third-order valence-electron chi connectivity index (χ3n) is 7.09. The Morgan fingerprint density at radius 2 is 1.68 bits per heavy atom. The highest BCUT2D eigenvalue weighted by Gasteiger charge is 2.23. The Balaban J connectivity index is 1.45. The third-order valence-corrected chi connectivity index (χ3v) is 7.09. The average Bonchev–Trinajstić information content (AvgIpc) is 3.01. The van der Waals surface area contributed by atoms with Gasteiger partial charge in [0.2, 0.25) is 11.8 Å². The Morgan fingerprint density at radius 3 is 2.39 bits per heavy atom. The maximum absolute atomic E-state index is 13.9. The quantitative estimate of drug-likeness (QED) is 0.168. The summed E-state index contributed by atoms with van der Waals surface area (Å²) in [6, 6.07) is 20.2. The number of hydrogen-bond acceptors (Lipinski definition) is 6. The summed E-state index contributed by atoms with van der Waals surface area (Å²) in [5, 5.41) is 19.9. The lowest BCUT2D eigenvalue weighted by Gasteiger charge is -2.25. The molecule has 0 aliphatic carbocycles. The Hall–Kier alpha value is -4.67. The van der Waals surface area contributed by atoms with Crippen molar-refractivity contribution in [3.63, 3.8) is 0 Å². The SMILES string of the molecule is CCc1cccc(CNC[C@@H](O)[C@H](Cc2cc(F)cc(F)c2)NC(=O)Cc2ccccc2C(=O)Nc2ccc(OC)nc2)c1. The van der Waals surface area contributed by atoms with Crippen molar-refractivity contribution in [3.8, 4) is 5.88 Å². The minimum atomic E-state index is -1.08. The van der Waals surface area contributed by atoms with Gasteiger partial charge in [-0.05, 0) is 59.4 Å². The summed E-state index contributed by atoms with van der Waals surface area (Å²) in [7, 11) is 1.49. The molecule has 4 aromatic rings. The molecule has 230 valence electrons. The summed E-state index contributed by atoms with van der Waals surface area (Å²) < 4.78 is 32.9. The van der Waals surface area contributed by atoms with Crippen molar-refractivity contribution < 1.29 is 28.2 Å². The molecule has 0 unspecified atom stereocenters. The van der Waals surface area contributed by atoms with Crippen LogP contribution in [0.4, 0.5) is 14.5 Å². The number of aliphatic hydroxyl groups excluding tert-OH is 1. The fraction of sp³-hybridized carbons (Fsp3) is 0.265. The molecule has 4 N–H and O–H groups in total. The molecule has 4 rings (SSSR count). The summed E-state index contributed by atoms with van der Waals surface area (Å²) in [4.78, 5) is 30.4. The zero-order valence-electron chi connectivity index (χ0n) is 24.6. The van der Waals surface area contributed by atoms with Gasteiger partial charge in [0.1, 0.15) is 11.6 Å². The summed E-state index contributed by atoms with van der Waals surface area (Å²) in [6.07, 6.45) is 1.10. The number of halogens is 2. The van der Waals surface area contributed by atoms with E-state index in [-0.39, 0.29) is 24.9 Å². The van der Waals surface area contributed by atoms with Crippen LogP contribution in [0.5, 0.6) is 5.88 Å². The minimum Gasteiger partial charge on any atom is -0.481 e. The second-order valence-electron chi connectivity index (χ2n) is 10.4. The minimum absolute atomic E-state index is 0.0127. The molecule has 0 bridgehead atoms. The van der Waals surface area contributed by atoms with Crippen molar-refractivity contribution in [2.75, 3.05) is 19.0 Å². The fourth-order valence-corrected chi connectivity index (χ4v) is 4.83. The molecule has 10 heteroatoms. The van der Waals surface area contributed by atoms with Gasteiger partial charge in [-0.25, -0.2) is 13.8 Å². The monoisotopic (exact) mass is 602 g/mol. The summed E-state index contributed by atoms with van der Waals surface area (Å²) in [5.41, 5.74) is 3.73. The molecule has 2 atom stereocenters. The van der Waals surface area contributed by atoms with E-state index in [9.17, 15) is 23.5 Å². The van der Waals surface area contributed by atoms with E-state index < -0.39 is 35.6 Å². The smallest absolute Gasteiger partial charge is 0.255 e. The van der Waals surface area contributed by atoms with Gasteiger partial charge in [0.25, 0.3) is 5.91 Å². The second-order valence-corrected chi connectivity index (χ2v) is 10.4. The van der Waals surface area contributed by atoms with Gasteiger partial charge in [-0.2, -0.15) is 0 Å². The maximum atomic E-state index is 13.9. The highest BCUT2D eigenvalue weighted by molar-refractivity contribution is 6.05. The van der Waals surface area contributed by atoms with Gasteiger partial charge in [-0.3, -0.25) is 9.59 Å². The van der Waals surface area contributed by atoms with Crippen LogP contribution in [0.25, 0.3) is 0 Å². The van der Waals surface area contributed by atoms with Gasteiger partial charge in [-0.1, -0.05) is 49.4 Å². The number of aliphatic hydroxyl groups is 1. The average molecular weight is 603 g/mol. The predicted molar refractivity (Wildman–Crippen MR) is 164 cm³/mol. The standard InChI is InChI=1S/C34H36F2N4O4/c1-3-22-7-6-8-23(13-22)19-37-21-31(41)30(16-24-14-26(35)18-27(36)15-24)40-32(42)17-25-9-4-5-10-29(25)34(43)39-28-11-12-33(44-2)38-20-28/h4-15,18,20,30-31,37,41H,3,16-17,19,21H2,1-2H3,(H,39,43)(H,40,42)/t30-,31+/m0/s1. The molecule has 0 saturated carbocycles. The van der Waals surface area contributed by atoms with E-state index in [1.54, 1.807) is 36.4 Å². The van der Waals surface area contributed by atoms with Gasteiger partial charge in [0.05, 0.1) is 37.6 Å². The first-order valence-electron chi connectivity index (χ1n) is 14.3. The van der Waals surface area contributed by atoms with Crippen molar-refractivity contribution in [3.05, 3.63) is 125 Å². The number of benzene rings is 3. The molecular weight excluding hydrogens is 566 g/mol. The molecule has 0 spiro atoms. The lowest BCUT2D eigenvalue weighted by molar-refractivity contribution is -0.122. The van der Waals surface area contributed by atoms with Gasteiger partial charge >= 0.3 is 0 Å². The number of nitrogens with one attached hydrogen (secondary N) is 3. The third kappa shape index (κ3) is 9.42. The van der Waals surface area contributed by atoms with Crippen LogP contribution in [-0.2, 0) is 30.6 Å². The van der Waals surface area contributed by atoms with Gasteiger partial charge < -0.3 is 25.8 Å². The summed E-state index contributed by atoms with van der Waals surface area (Å²) in [5.74, 6) is -1.99. The van der Waals surface area contributed by atoms with Gasteiger partial charge in [0.15, 0.2) is 0 Å². The van der Waals surface area contributed by atoms with E-state index in [2.05, 4.69) is 33.9 Å². The Labute approximate surface area is 255 Å². The number of pyridine rings is 1. The molecule has 1 heterocycles. The first-order valence-corrected chi connectivity index (χ1v) is 14.3. The number of anilines is 1. The number of carbonyl (C=O) groups excluding carboxylic acids is 2. The van der Waals surface area contributed by atoms with E-state index in [1.165, 1.54) is 31.0 Å². The van der Waals surface area contributed by atoms with Crippen LogP contribution in [0, 0.1) is 11.6 Å². The highest BCUT2D eigenvalue weighted by atomic mass is 19.1. The number of hydrogen-bond donors (Lipinski definition) is 4. The Bertz CT molecular complexity index is 1550. The van der Waals surface area contributed by atoms with Crippen LogP contribution in [0.2, 0.25) is 0 Å². The maximum Gasteiger partial charge on any atom is 0.255 e. The van der Waals surface area contributed by atoms with E-state index in [1.807, 2.05) is 18.2 Å². The fourth-order valence-electron chi connectivity index (χ4n) is 4.83. The number of methoxy groups -OCH3 is 1. The molecular formula is C34H36F2N4O4. The molecule has 44 heavy (non-hydrogen) atoms. The number of rotatable bonds is 14. The van der Waals surface area contributed by atoms with E-state index in [0.717, 1.165) is 18.1 Å². The molecule has 3 aromatic carbocycles. The molecule has 2 amide bonds. The number of ether oxygens (including phenoxy) is 1. The molecule has 0 saturated heterocycles. The van der Waals surface area contributed by atoms with Gasteiger partial charge in [-0.15, -0.1) is 0 Å². The number of amides is 2. The summed E-state index contributed by atoms with van der Waals surface area (Å²) >= 11 is 0. The zero-order valence-corrected chi connectivity index (χ0v) is 24.6. The van der Waals surface area contributed by atoms with Crippen molar-refractivity contribution in [1.82, 2.24) is 15.6 Å². The number of nitrogens with zero attached hydrogens (tertiary/aromatic N) is 1. The first kappa shape index (κ1) is 32.2. The normalized spacial score (nSPS) is 12.3. The first-order chi connectivity index (χ1) is 21.2. The van der Waals surface area contributed by atoms with Crippen molar-refractivity contribution in [1.29, 1.82) is 0 Å². The predicted octanol–water partition coefficient (Wildman–Crippen LogP) is 4.60. The molecule has 0 aliphatic rings. The van der Waals surface area contributed by atoms with Crippen molar-refractivity contribution >= 4 is 17.5 Å². The van der Waals surface area contributed by atoms with E-state index in [0.29, 0.717) is 29.2 Å². The van der Waals surface area contributed by atoms with E-state index in [4.69, 9.17) is 4.74 Å². The van der Waals surface area contributed by atoms with Crippen LogP contribution >= 0.6 is 0 Å². The summed E-state index contributed by atoms with van der Waals surface area (Å²) in [6.45, 7) is 2.68. The molecule has 0 aliphatic heterocycles. The van der Waals surface area contributed by atoms with Crippen LogP contribution in [-0.4, -0.2) is 47.7 Å². The Kier molecular flexibility index (Phi) is 11.5. The largest absolute Gasteiger partial charge is 0.481 e. The lowest BCUT2D eigenvalue weighted by atomic mass is 9.99. The zero-order chi connectivity index (χ0) is 31.5. The van der Waals surface area contributed by atoms with Crippen LogP contribution in [0.15, 0.2) is 85.1 Å².